The van der Waals surface area contributed by atoms with E-state index >= 15 is 0 Å². The Balaban J connectivity index is 2.45. The predicted molar refractivity (Wildman–Crippen MR) is 71.9 cm³/mol. The highest BCUT2D eigenvalue weighted by Gasteiger charge is 2.37. The lowest BCUT2D eigenvalue weighted by atomic mass is 9.77. The number of hydrogen-bond donors (Lipinski definition) is 2. The zero-order chi connectivity index (χ0) is 12.9. The maximum absolute atomic E-state index is 12.2. The molecule has 1 heterocycles. The SMILES string of the molecule is CCCCC(C)NC(=O)C1NCCCC1(C)C. The standard InChI is InChI=1S/C14H28N2O/c1-5-6-8-11(2)16-13(17)12-14(3,4)9-7-10-15-12/h11-12,15H,5-10H2,1-4H3,(H,16,17). The van der Waals surface area contributed by atoms with Crippen LogP contribution in [0.1, 0.15) is 59.8 Å². The molecule has 0 saturated carbocycles. The lowest BCUT2D eigenvalue weighted by molar-refractivity contribution is -0.127. The van der Waals surface area contributed by atoms with Crippen molar-refractivity contribution in [1.29, 1.82) is 0 Å². The highest BCUT2D eigenvalue weighted by atomic mass is 16.2. The van der Waals surface area contributed by atoms with Gasteiger partial charge in [0.2, 0.25) is 5.91 Å². The van der Waals surface area contributed by atoms with Crippen LogP contribution in [0.3, 0.4) is 0 Å². The molecular weight excluding hydrogens is 212 g/mol. The monoisotopic (exact) mass is 240 g/mol. The smallest absolute Gasteiger partial charge is 0.237 e. The summed E-state index contributed by atoms with van der Waals surface area (Å²) in [6.07, 6.45) is 5.75. The molecule has 2 N–H and O–H groups in total. The quantitative estimate of drug-likeness (QED) is 0.775. The number of piperidine rings is 1. The van der Waals surface area contributed by atoms with E-state index < -0.39 is 0 Å². The molecule has 0 aromatic heterocycles. The van der Waals surface area contributed by atoms with Gasteiger partial charge in [-0.2, -0.15) is 0 Å². The van der Waals surface area contributed by atoms with E-state index in [1.54, 1.807) is 0 Å². The fraction of sp³-hybridized carbons (Fsp3) is 0.929. The zero-order valence-electron chi connectivity index (χ0n) is 11.8. The van der Waals surface area contributed by atoms with E-state index in [4.69, 9.17) is 0 Å². The van der Waals surface area contributed by atoms with Gasteiger partial charge >= 0.3 is 0 Å². The fourth-order valence-corrected chi connectivity index (χ4v) is 2.57. The van der Waals surface area contributed by atoms with E-state index in [0.29, 0.717) is 6.04 Å². The highest BCUT2D eigenvalue weighted by molar-refractivity contribution is 5.83. The van der Waals surface area contributed by atoms with Gasteiger partial charge in [-0.15, -0.1) is 0 Å². The van der Waals surface area contributed by atoms with Gasteiger partial charge in [0.15, 0.2) is 0 Å². The zero-order valence-corrected chi connectivity index (χ0v) is 11.8. The first-order chi connectivity index (χ1) is 7.97. The molecule has 1 saturated heterocycles. The van der Waals surface area contributed by atoms with Gasteiger partial charge in [-0.1, -0.05) is 33.6 Å². The van der Waals surface area contributed by atoms with Gasteiger partial charge in [-0.25, -0.2) is 0 Å². The number of nitrogens with one attached hydrogen (secondary N) is 2. The van der Waals surface area contributed by atoms with E-state index in [1.165, 1.54) is 19.3 Å². The van der Waals surface area contributed by atoms with Crippen LogP contribution in [0.2, 0.25) is 0 Å². The first kappa shape index (κ1) is 14.5. The van der Waals surface area contributed by atoms with Crippen molar-refractivity contribution in [2.75, 3.05) is 6.54 Å². The van der Waals surface area contributed by atoms with Gasteiger partial charge in [0, 0.05) is 6.04 Å². The van der Waals surface area contributed by atoms with Gasteiger partial charge in [0.05, 0.1) is 6.04 Å². The molecule has 0 aliphatic carbocycles. The minimum absolute atomic E-state index is 0.0275. The van der Waals surface area contributed by atoms with Crippen LogP contribution in [0.4, 0.5) is 0 Å². The number of rotatable bonds is 5. The first-order valence-corrected chi connectivity index (χ1v) is 7.01. The topological polar surface area (TPSA) is 41.1 Å². The molecule has 0 radical (unpaired) electrons. The van der Waals surface area contributed by atoms with Crippen molar-refractivity contribution in [2.24, 2.45) is 5.41 Å². The lowest BCUT2D eigenvalue weighted by Crippen LogP contribution is -2.56. The normalized spacial score (nSPS) is 25.3. The molecule has 0 aromatic rings. The average molecular weight is 240 g/mol. The Morgan fingerprint density at radius 1 is 1.53 bits per heavy atom. The second-order valence-electron chi connectivity index (χ2n) is 6.03. The Labute approximate surface area is 106 Å². The van der Waals surface area contributed by atoms with Crippen LogP contribution in [-0.4, -0.2) is 24.5 Å². The maximum atomic E-state index is 12.2. The molecule has 100 valence electrons. The Morgan fingerprint density at radius 2 is 2.24 bits per heavy atom. The molecule has 1 aliphatic rings. The number of unbranched alkanes of at least 4 members (excludes halogenated alkanes) is 1. The fourth-order valence-electron chi connectivity index (χ4n) is 2.57. The van der Waals surface area contributed by atoms with Gasteiger partial charge < -0.3 is 10.6 Å². The maximum Gasteiger partial charge on any atom is 0.237 e. The molecule has 3 nitrogen and oxygen atoms in total. The van der Waals surface area contributed by atoms with Crippen LogP contribution in [0.15, 0.2) is 0 Å². The van der Waals surface area contributed by atoms with Crippen LogP contribution in [0.5, 0.6) is 0 Å². The molecule has 3 heteroatoms. The van der Waals surface area contributed by atoms with Crippen molar-refractivity contribution in [1.82, 2.24) is 10.6 Å². The van der Waals surface area contributed by atoms with Crippen molar-refractivity contribution in [3.8, 4) is 0 Å². The van der Waals surface area contributed by atoms with Crippen molar-refractivity contribution >= 4 is 5.91 Å². The molecular formula is C14H28N2O. The summed E-state index contributed by atoms with van der Waals surface area (Å²) in [4.78, 5) is 12.2. The molecule has 0 bridgehead atoms. The molecule has 1 fully saturated rings. The number of carbonyl (C=O) groups is 1. The van der Waals surface area contributed by atoms with Crippen LogP contribution in [-0.2, 0) is 4.79 Å². The Morgan fingerprint density at radius 3 is 2.82 bits per heavy atom. The van der Waals surface area contributed by atoms with E-state index in [0.717, 1.165) is 19.4 Å². The van der Waals surface area contributed by atoms with Crippen molar-refractivity contribution in [2.45, 2.75) is 71.9 Å². The third-order valence-electron chi connectivity index (χ3n) is 3.77. The third kappa shape index (κ3) is 4.30. The Bertz CT molecular complexity index is 251. The minimum Gasteiger partial charge on any atom is -0.352 e. The summed E-state index contributed by atoms with van der Waals surface area (Å²) in [5.74, 6) is 0.179. The predicted octanol–water partition coefficient (Wildman–Crippen LogP) is 2.46. The number of carbonyl (C=O) groups excluding carboxylic acids is 1. The summed E-state index contributed by atoms with van der Waals surface area (Å²) in [7, 11) is 0. The largest absolute Gasteiger partial charge is 0.352 e. The van der Waals surface area contributed by atoms with Crippen LogP contribution in [0, 0.1) is 5.41 Å². The van der Waals surface area contributed by atoms with Gasteiger partial charge in [-0.3, -0.25) is 4.79 Å². The summed E-state index contributed by atoms with van der Waals surface area (Å²) in [5.41, 5.74) is 0.0762. The molecule has 1 aliphatic heterocycles. The minimum atomic E-state index is -0.0275. The average Bonchev–Trinajstić information content (AvgIpc) is 2.25. The Kier molecular flexibility index (Phi) is 5.44. The van der Waals surface area contributed by atoms with E-state index in [-0.39, 0.29) is 17.4 Å². The summed E-state index contributed by atoms with van der Waals surface area (Å²) in [6.45, 7) is 9.61. The molecule has 0 aromatic carbocycles. The number of hydrogen-bond acceptors (Lipinski definition) is 2. The molecule has 1 amide bonds. The number of amides is 1. The van der Waals surface area contributed by atoms with Crippen molar-refractivity contribution in [3.63, 3.8) is 0 Å². The van der Waals surface area contributed by atoms with Crippen LogP contribution >= 0.6 is 0 Å². The van der Waals surface area contributed by atoms with Gasteiger partial charge in [-0.05, 0) is 38.1 Å². The third-order valence-corrected chi connectivity index (χ3v) is 3.77. The summed E-state index contributed by atoms with van der Waals surface area (Å²) in [5, 5.41) is 6.50. The van der Waals surface area contributed by atoms with E-state index in [1.807, 2.05) is 0 Å². The molecule has 17 heavy (non-hydrogen) atoms. The summed E-state index contributed by atoms with van der Waals surface area (Å²) >= 11 is 0. The van der Waals surface area contributed by atoms with Gasteiger partial charge in [0.1, 0.15) is 0 Å². The molecule has 2 atom stereocenters. The first-order valence-electron chi connectivity index (χ1n) is 7.01. The summed E-state index contributed by atoms with van der Waals surface area (Å²) < 4.78 is 0. The van der Waals surface area contributed by atoms with E-state index in [2.05, 4.69) is 38.3 Å². The van der Waals surface area contributed by atoms with Crippen molar-refractivity contribution in [3.05, 3.63) is 0 Å². The van der Waals surface area contributed by atoms with Crippen LogP contribution < -0.4 is 10.6 Å². The lowest BCUT2D eigenvalue weighted by Gasteiger charge is -2.38. The Hall–Kier alpha value is -0.570. The second kappa shape index (κ2) is 6.39. The highest BCUT2D eigenvalue weighted by Crippen LogP contribution is 2.30. The van der Waals surface area contributed by atoms with Gasteiger partial charge in [0.25, 0.3) is 0 Å². The molecule has 2 unspecified atom stereocenters. The molecule has 1 rings (SSSR count). The van der Waals surface area contributed by atoms with E-state index in [9.17, 15) is 4.79 Å². The van der Waals surface area contributed by atoms with Crippen molar-refractivity contribution < 1.29 is 4.79 Å². The summed E-state index contributed by atoms with van der Waals surface area (Å²) in [6, 6.07) is 0.266. The molecule has 0 spiro atoms. The second-order valence-corrected chi connectivity index (χ2v) is 6.03. The van der Waals surface area contributed by atoms with Crippen LogP contribution in [0.25, 0.3) is 0 Å².